The Bertz CT molecular complexity index is 1060. The number of carbonyl (C=O) groups excluding carboxylic acids is 1. The van der Waals surface area contributed by atoms with E-state index in [-0.39, 0.29) is 36.5 Å². The molecule has 178 valence electrons. The lowest BCUT2D eigenvalue weighted by Crippen LogP contribution is -2.43. The van der Waals surface area contributed by atoms with E-state index in [2.05, 4.69) is 58.0 Å². The largest absolute Gasteiger partial charge is 0.494 e. The highest BCUT2D eigenvalue weighted by molar-refractivity contribution is 6.62. The van der Waals surface area contributed by atoms with Crippen molar-refractivity contribution in [3.05, 3.63) is 77.4 Å². The molecule has 2 bridgehead atoms. The third-order valence-electron chi connectivity index (χ3n) is 7.80. The maximum Gasteiger partial charge on any atom is 0.494 e. The Morgan fingerprint density at radius 2 is 1.71 bits per heavy atom. The molecule has 0 aromatic heterocycles. The lowest BCUT2D eigenvalue weighted by molar-refractivity contribution is 0.00578. The lowest BCUT2D eigenvalue weighted by Gasteiger charge is -2.33. The van der Waals surface area contributed by atoms with Gasteiger partial charge in [-0.1, -0.05) is 66.2 Å². The van der Waals surface area contributed by atoms with Crippen molar-refractivity contribution >= 4 is 18.7 Å². The molecule has 0 saturated carbocycles. The van der Waals surface area contributed by atoms with Crippen LogP contribution in [0.3, 0.4) is 0 Å². The average molecular weight is 459 g/mol. The van der Waals surface area contributed by atoms with Gasteiger partial charge in [0.25, 0.3) is 0 Å². The lowest BCUT2D eigenvalue weighted by atomic mass is 9.78. The first kappa shape index (κ1) is 23.2. The zero-order chi connectivity index (χ0) is 23.9. The average Bonchev–Trinajstić information content (AvgIpc) is 3.20. The summed E-state index contributed by atoms with van der Waals surface area (Å²) >= 11 is 0. The highest BCUT2D eigenvalue weighted by atomic mass is 16.7. The van der Waals surface area contributed by atoms with Crippen LogP contribution in [-0.2, 0) is 27.1 Å². The quantitative estimate of drug-likeness (QED) is 0.465. The maximum atomic E-state index is 12.8. The van der Waals surface area contributed by atoms with Gasteiger partial charge in [-0.25, -0.2) is 4.79 Å². The summed E-state index contributed by atoms with van der Waals surface area (Å²) in [7, 11) is -0.351. The minimum Gasteiger partial charge on any atom is -0.445 e. The van der Waals surface area contributed by atoms with Gasteiger partial charge in [0, 0.05) is 6.04 Å². The van der Waals surface area contributed by atoms with Gasteiger partial charge in [-0.05, 0) is 70.0 Å². The van der Waals surface area contributed by atoms with E-state index in [1.807, 2.05) is 35.2 Å². The molecule has 0 radical (unpaired) electrons. The molecule has 3 aliphatic rings. The van der Waals surface area contributed by atoms with Crippen molar-refractivity contribution in [2.75, 3.05) is 0 Å². The predicted octanol–water partition coefficient (Wildman–Crippen LogP) is 5.03. The number of hydrogen-bond donors (Lipinski definition) is 0. The van der Waals surface area contributed by atoms with E-state index < -0.39 is 0 Å². The molecule has 3 aliphatic heterocycles. The molecule has 6 heteroatoms. The Kier molecular flexibility index (Phi) is 6.07. The summed E-state index contributed by atoms with van der Waals surface area (Å²) < 4.78 is 18.1. The second-order valence-electron chi connectivity index (χ2n) is 10.8. The van der Waals surface area contributed by atoms with Crippen LogP contribution in [0.2, 0.25) is 0 Å². The fourth-order valence-corrected chi connectivity index (χ4v) is 5.22. The highest BCUT2D eigenvalue weighted by Gasteiger charge is 2.51. The first-order valence-electron chi connectivity index (χ1n) is 12.3. The molecule has 0 aliphatic carbocycles. The zero-order valence-electron chi connectivity index (χ0n) is 20.6. The minimum atomic E-state index is -0.351. The molecule has 5 nitrogen and oxygen atoms in total. The van der Waals surface area contributed by atoms with Gasteiger partial charge in [-0.2, -0.15) is 0 Å². The molecule has 2 aromatic rings. The van der Waals surface area contributed by atoms with Gasteiger partial charge in [0.15, 0.2) is 0 Å². The number of nitrogens with zero attached hydrogens (tertiary/aromatic N) is 1. The van der Waals surface area contributed by atoms with E-state index in [4.69, 9.17) is 14.0 Å². The topological polar surface area (TPSA) is 48.0 Å². The predicted molar refractivity (Wildman–Crippen MR) is 134 cm³/mol. The van der Waals surface area contributed by atoms with Crippen LogP contribution in [0, 0.1) is 0 Å². The standard InChI is InChI=1S/C28H34BNO4/c1-27(2)28(3,4)34-29(33-27)23-12-8-11-21(16-23)15-22-17-24-13-14-25(18-22)30(24)26(31)32-19-20-9-6-5-7-10-20/h5-12,16-17,24-25H,13-15,18-19H2,1-4H3. The van der Waals surface area contributed by atoms with Crippen LogP contribution in [0.4, 0.5) is 4.79 Å². The van der Waals surface area contributed by atoms with E-state index in [0.29, 0.717) is 6.61 Å². The fourth-order valence-electron chi connectivity index (χ4n) is 5.22. The molecule has 3 heterocycles. The van der Waals surface area contributed by atoms with Gasteiger partial charge in [0.2, 0.25) is 0 Å². The van der Waals surface area contributed by atoms with E-state index in [1.54, 1.807) is 0 Å². The number of rotatable bonds is 5. The van der Waals surface area contributed by atoms with Crippen molar-refractivity contribution in [1.82, 2.24) is 4.90 Å². The van der Waals surface area contributed by atoms with Gasteiger partial charge >= 0.3 is 13.2 Å². The second-order valence-corrected chi connectivity index (χ2v) is 10.8. The Labute approximate surface area is 203 Å². The van der Waals surface area contributed by atoms with Crippen molar-refractivity contribution < 1.29 is 18.8 Å². The Hall–Kier alpha value is -2.57. The van der Waals surface area contributed by atoms with Crippen LogP contribution in [0.15, 0.2) is 66.2 Å². The zero-order valence-corrected chi connectivity index (χ0v) is 20.6. The third kappa shape index (κ3) is 4.54. The molecule has 2 unspecified atom stereocenters. The number of benzene rings is 2. The van der Waals surface area contributed by atoms with Gasteiger partial charge in [-0.3, -0.25) is 4.90 Å². The van der Waals surface area contributed by atoms with Crippen molar-refractivity contribution in [3.8, 4) is 0 Å². The number of hydrogen-bond acceptors (Lipinski definition) is 4. The maximum absolute atomic E-state index is 12.8. The van der Waals surface area contributed by atoms with Crippen molar-refractivity contribution in [2.45, 2.75) is 83.3 Å². The van der Waals surface area contributed by atoms with Crippen molar-refractivity contribution in [2.24, 2.45) is 0 Å². The monoisotopic (exact) mass is 459 g/mol. The Balaban J connectivity index is 1.24. The number of amides is 1. The molecule has 2 fully saturated rings. The van der Waals surface area contributed by atoms with E-state index in [9.17, 15) is 4.79 Å². The molecule has 34 heavy (non-hydrogen) atoms. The SMILES string of the molecule is CC1(C)OB(c2cccc(CC3=CC4CCC(C3)N4C(=O)OCc3ccccc3)c2)OC1(C)C. The van der Waals surface area contributed by atoms with Gasteiger partial charge in [0.05, 0.1) is 17.2 Å². The summed E-state index contributed by atoms with van der Waals surface area (Å²) in [6.07, 6.45) is 5.90. The van der Waals surface area contributed by atoms with Crippen LogP contribution < -0.4 is 5.46 Å². The normalized spacial score (nSPS) is 24.8. The fraction of sp³-hybridized carbons (Fsp3) is 0.464. The molecule has 1 amide bonds. The van der Waals surface area contributed by atoms with Gasteiger partial charge in [-0.15, -0.1) is 0 Å². The molecular weight excluding hydrogens is 425 g/mol. The van der Waals surface area contributed by atoms with Gasteiger partial charge < -0.3 is 14.0 Å². The first-order valence-corrected chi connectivity index (χ1v) is 12.3. The minimum absolute atomic E-state index is 0.128. The highest BCUT2D eigenvalue weighted by Crippen LogP contribution is 2.38. The van der Waals surface area contributed by atoms with Crippen molar-refractivity contribution in [3.63, 3.8) is 0 Å². The number of ether oxygens (including phenoxy) is 1. The molecular formula is C28H34BNO4. The van der Waals surface area contributed by atoms with Crippen molar-refractivity contribution in [1.29, 1.82) is 0 Å². The number of fused-ring (bicyclic) bond motifs is 2. The molecule has 2 saturated heterocycles. The summed E-state index contributed by atoms with van der Waals surface area (Å²) in [5, 5.41) is 0. The number of carbonyl (C=O) groups is 1. The van der Waals surface area contributed by atoms with Gasteiger partial charge in [0.1, 0.15) is 6.61 Å². The third-order valence-corrected chi connectivity index (χ3v) is 7.80. The summed E-state index contributed by atoms with van der Waals surface area (Å²) in [5.41, 5.74) is 4.01. The van der Waals surface area contributed by atoms with Crippen LogP contribution in [0.1, 0.15) is 58.1 Å². The first-order chi connectivity index (χ1) is 16.2. The van der Waals surface area contributed by atoms with Crippen LogP contribution in [-0.4, -0.2) is 41.4 Å². The second kappa shape index (κ2) is 8.90. The molecule has 2 atom stereocenters. The molecule has 2 aromatic carbocycles. The summed E-state index contributed by atoms with van der Waals surface area (Å²) in [6.45, 7) is 8.64. The van der Waals surface area contributed by atoms with Crippen LogP contribution in [0.5, 0.6) is 0 Å². The summed E-state index contributed by atoms with van der Waals surface area (Å²) in [6, 6.07) is 18.7. The smallest absolute Gasteiger partial charge is 0.445 e. The van der Waals surface area contributed by atoms with E-state index >= 15 is 0 Å². The molecule has 5 rings (SSSR count). The van der Waals surface area contributed by atoms with Crippen LogP contribution >= 0.6 is 0 Å². The molecule has 0 spiro atoms. The van der Waals surface area contributed by atoms with Crippen LogP contribution in [0.25, 0.3) is 0 Å². The molecule has 0 N–H and O–H groups in total. The summed E-state index contributed by atoms with van der Waals surface area (Å²) in [4.78, 5) is 14.8. The summed E-state index contributed by atoms with van der Waals surface area (Å²) in [5.74, 6) is 0. The van der Waals surface area contributed by atoms with E-state index in [1.165, 1.54) is 11.1 Å². The Morgan fingerprint density at radius 3 is 2.41 bits per heavy atom. The van der Waals surface area contributed by atoms with E-state index in [0.717, 1.165) is 36.7 Å². The Morgan fingerprint density at radius 1 is 1.00 bits per heavy atom.